The van der Waals surface area contributed by atoms with E-state index in [4.69, 9.17) is 0 Å². The molecule has 0 spiro atoms. The fourth-order valence-electron chi connectivity index (χ4n) is 1.59. The number of likely N-dealkylation sites (tertiary alicyclic amines) is 1. The lowest BCUT2D eigenvalue weighted by atomic mass is 9.83. The molecule has 1 N–H and O–H groups in total. The molecule has 0 saturated carbocycles. The van der Waals surface area contributed by atoms with Gasteiger partial charge in [-0.3, -0.25) is 4.90 Å². The van der Waals surface area contributed by atoms with E-state index in [0.717, 1.165) is 26.1 Å². The third kappa shape index (κ3) is 2.46. The molecule has 1 fully saturated rings. The minimum absolute atomic E-state index is 0.362. The first-order valence-electron chi connectivity index (χ1n) is 4.93. The van der Waals surface area contributed by atoms with Gasteiger partial charge in [0, 0.05) is 26.1 Å². The van der Waals surface area contributed by atoms with Gasteiger partial charge in [-0.2, -0.15) is 0 Å². The van der Waals surface area contributed by atoms with E-state index in [-0.39, 0.29) is 0 Å². The molecule has 1 rings (SSSR count). The molecule has 0 amide bonds. The van der Waals surface area contributed by atoms with Gasteiger partial charge in [0.05, 0.1) is 5.60 Å². The summed E-state index contributed by atoms with van der Waals surface area (Å²) in [5.74, 6) is 6.27. The summed E-state index contributed by atoms with van der Waals surface area (Å²) < 4.78 is 0. The maximum atomic E-state index is 9.94. The summed E-state index contributed by atoms with van der Waals surface area (Å²) >= 11 is 0. The van der Waals surface area contributed by atoms with Crippen molar-refractivity contribution in [3.8, 4) is 11.8 Å². The normalized spacial score (nSPS) is 20.7. The van der Waals surface area contributed by atoms with Crippen LogP contribution in [-0.2, 0) is 0 Å². The minimum atomic E-state index is -0.431. The van der Waals surface area contributed by atoms with Crippen molar-refractivity contribution >= 4 is 0 Å². The Morgan fingerprint density at radius 3 is 2.54 bits per heavy atom. The molecule has 0 radical (unpaired) electrons. The topological polar surface area (TPSA) is 23.5 Å². The Hall–Kier alpha value is -0.520. The van der Waals surface area contributed by atoms with Gasteiger partial charge in [0.15, 0.2) is 0 Å². The first-order chi connectivity index (χ1) is 6.08. The summed E-state index contributed by atoms with van der Waals surface area (Å²) in [7, 11) is 0. The van der Waals surface area contributed by atoms with Crippen molar-refractivity contribution in [2.24, 2.45) is 5.92 Å². The molecule has 0 atom stereocenters. The standard InChI is InChI=1S/C11H19NO/c1-4-5-6-7-12-8-11(13,9-12)10(2)3/h10,13H,6-9H2,1-3H3. The van der Waals surface area contributed by atoms with Crippen LogP contribution in [0.15, 0.2) is 0 Å². The molecule has 0 bridgehead atoms. The predicted octanol–water partition coefficient (Wildman–Crippen LogP) is 1.10. The average Bonchev–Trinajstić information content (AvgIpc) is 2.01. The minimum Gasteiger partial charge on any atom is -0.387 e. The smallest absolute Gasteiger partial charge is 0.0922 e. The fraction of sp³-hybridized carbons (Fsp3) is 0.818. The third-order valence-corrected chi connectivity index (χ3v) is 2.80. The molecule has 0 aromatic heterocycles. The SMILES string of the molecule is CC#CCCN1CC(O)(C(C)C)C1. The van der Waals surface area contributed by atoms with Crippen molar-refractivity contribution in [2.75, 3.05) is 19.6 Å². The van der Waals surface area contributed by atoms with Crippen molar-refractivity contribution in [3.63, 3.8) is 0 Å². The van der Waals surface area contributed by atoms with Gasteiger partial charge in [0.2, 0.25) is 0 Å². The molecule has 1 aliphatic rings. The summed E-state index contributed by atoms with van der Waals surface area (Å²) in [5, 5.41) is 9.94. The van der Waals surface area contributed by atoms with Gasteiger partial charge in [-0.05, 0) is 12.8 Å². The molecule has 1 aliphatic heterocycles. The molecule has 0 unspecified atom stereocenters. The van der Waals surface area contributed by atoms with Gasteiger partial charge in [-0.1, -0.05) is 13.8 Å². The van der Waals surface area contributed by atoms with Gasteiger partial charge in [0.1, 0.15) is 0 Å². The highest BCUT2D eigenvalue weighted by molar-refractivity contribution is 5.00. The summed E-state index contributed by atoms with van der Waals surface area (Å²) in [6, 6.07) is 0. The van der Waals surface area contributed by atoms with Crippen LogP contribution in [0.2, 0.25) is 0 Å². The molecule has 0 aromatic rings. The van der Waals surface area contributed by atoms with Gasteiger partial charge in [0.25, 0.3) is 0 Å². The molecule has 2 nitrogen and oxygen atoms in total. The Morgan fingerprint density at radius 1 is 1.46 bits per heavy atom. The molecular weight excluding hydrogens is 162 g/mol. The van der Waals surface area contributed by atoms with Gasteiger partial charge < -0.3 is 5.11 Å². The number of β-amino-alcohol motifs (C(OH)–C–C–N with tert-alkyl or cyclic N) is 1. The van der Waals surface area contributed by atoms with Gasteiger partial charge >= 0.3 is 0 Å². The van der Waals surface area contributed by atoms with E-state index < -0.39 is 5.60 Å². The number of nitrogens with zero attached hydrogens (tertiary/aromatic N) is 1. The highest BCUT2D eigenvalue weighted by atomic mass is 16.3. The molecule has 0 aliphatic carbocycles. The van der Waals surface area contributed by atoms with E-state index in [1.54, 1.807) is 0 Å². The Kier molecular flexibility index (Phi) is 3.35. The van der Waals surface area contributed by atoms with Crippen LogP contribution in [-0.4, -0.2) is 35.2 Å². The molecule has 0 aromatic carbocycles. The van der Waals surface area contributed by atoms with Crippen molar-refractivity contribution in [3.05, 3.63) is 0 Å². The van der Waals surface area contributed by atoms with Crippen LogP contribution >= 0.6 is 0 Å². The monoisotopic (exact) mass is 181 g/mol. The molecule has 74 valence electrons. The second-order valence-electron chi connectivity index (χ2n) is 4.15. The quantitative estimate of drug-likeness (QED) is 0.659. The van der Waals surface area contributed by atoms with Crippen molar-refractivity contribution in [1.29, 1.82) is 0 Å². The molecule has 1 heterocycles. The van der Waals surface area contributed by atoms with Crippen LogP contribution in [0.25, 0.3) is 0 Å². The maximum absolute atomic E-state index is 9.94. The van der Waals surface area contributed by atoms with Crippen LogP contribution in [0.3, 0.4) is 0 Å². The Balaban J connectivity index is 2.20. The van der Waals surface area contributed by atoms with Gasteiger partial charge in [-0.25, -0.2) is 0 Å². The zero-order chi connectivity index (χ0) is 9.90. The lowest BCUT2D eigenvalue weighted by Gasteiger charge is -2.49. The summed E-state index contributed by atoms with van der Waals surface area (Å²) in [4.78, 5) is 2.25. The number of hydrogen-bond acceptors (Lipinski definition) is 2. The lowest BCUT2D eigenvalue weighted by molar-refractivity contribution is -0.126. The van der Waals surface area contributed by atoms with E-state index >= 15 is 0 Å². The van der Waals surface area contributed by atoms with E-state index in [9.17, 15) is 5.11 Å². The van der Waals surface area contributed by atoms with E-state index in [1.165, 1.54) is 0 Å². The Morgan fingerprint density at radius 2 is 2.08 bits per heavy atom. The van der Waals surface area contributed by atoms with Crippen LogP contribution in [0, 0.1) is 17.8 Å². The first kappa shape index (κ1) is 10.6. The largest absolute Gasteiger partial charge is 0.387 e. The van der Waals surface area contributed by atoms with Crippen LogP contribution in [0.1, 0.15) is 27.2 Å². The number of hydrogen-bond donors (Lipinski definition) is 1. The molecule has 1 saturated heterocycles. The average molecular weight is 181 g/mol. The Labute approximate surface area is 80.9 Å². The van der Waals surface area contributed by atoms with Crippen molar-refractivity contribution in [1.82, 2.24) is 4.90 Å². The van der Waals surface area contributed by atoms with Gasteiger partial charge in [-0.15, -0.1) is 11.8 Å². The Bertz CT molecular complexity index is 218. The summed E-state index contributed by atoms with van der Waals surface area (Å²) in [6.45, 7) is 8.63. The molecule has 13 heavy (non-hydrogen) atoms. The van der Waals surface area contributed by atoms with Crippen LogP contribution in [0.5, 0.6) is 0 Å². The second kappa shape index (κ2) is 4.13. The first-order valence-corrected chi connectivity index (χ1v) is 4.93. The highest BCUT2D eigenvalue weighted by Crippen LogP contribution is 2.28. The van der Waals surface area contributed by atoms with E-state index in [2.05, 4.69) is 30.6 Å². The van der Waals surface area contributed by atoms with E-state index in [1.807, 2.05) is 6.92 Å². The zero-order valence-corrected chi connectivity index (χ0v) is 8.80. The zero-order valence-electron chi connectivity index (χ0n) is 8.80. The lowest BCUT2D eigenvalue weighted by Crippen LogP contribution is -2.64. The van der Waals surface area contributed by atoms with Crippen LogP contribution in [0.4, 0.5) is 0 Å². The maximum Gasteiger partial charge on any atom is 0.0922 e. The van der Waals surface area contributed by atoms with E-state index in [0.29, 0.717) is 5.92 Å². The third-order valence-electron chi connectivity index (χ3n) is 2.80. The van der Waals surface area contributed by atoms with Crippen LogP contribution < -0.4 is 0 Å². The number of aliphatic hydroxyl groups is 1. The second-order valence-corrected chi connectivity index (χ2v) is 4.15. The predicted molar refractivity (Wildman–Crippen MR) is 54.3 cm³/mol. The molecule has 2 heteroatoms. The summed E-state index contributed by atoms with van der Waals surface area (Å²) in [6.07, 6.45) is 0.921. The fourth-order valence-corrected chi connectivity index (χ4v) is 1.59. The number of rotatable bonds is 3. The molecular formula is C11H19NO. The summed E-state index contributed by atoms with van der Waals surface area (Å²) in [5.41, 5.74) is -0.431. The van der Waals surface area contributed by atoms with Crippen molar-refractivity contribution in [2.45, 2.75) is 32.8 Å². The van der Waals surface area contributed by atoms with Crippen molar-refractivity contribution < 1.29 is 5.11 Å². The highest BCUT2D eigenvalue weighted by Gasteiger charge is 2.42.